The Balaban J connectivity index is 3.84. The molecule has 0 aromatic rings. The van der Waals surface area contributed by atoms with E-state index in [1.165, 1.54) is 5.34 Å². The van der Waals surface area contributed by atoms with E-state index in [1.807, 2.05) is 29.8 Å². The molecule has 6 heteroatoms. The third-order valence-electron chi connectivity index (χ3n) is 1.20. The Hall–Kier alpha value is 1.30. The van der Waals surface area contributed by atoms with Crippen molar-refractivity contribution < 1.29 is 9.68 Å². The van der Waals surface area contributed by atoms with Gasteiger partial charge in [-0.3, -0.25) is 4.84 Å². The standard InChI is InChI=1S/C6H14I2N2O2/c1-4-5-6(2,7)12-10(9-8)11-3/h9H,4-5H2,1-3H3. The average molecular weight is 400 g/mol. The second-order valence-corrected chi connectivity index (χ2v) is 5.23. The van der Waals surface area contributed by atoms with Gasteiger partial charge in [-0.2, -0.15) is 0 Å². The number of halogens is 2. The van der Waals surface area contributed by atoms with E-state index in [9.17, 15) is 0 Å². The van der Waals surface area contributed by atoms with Crippen LogP contribution in [-0.4, -0.2) is 16.1 Å². The molecular weight excluding hydrogens is 386 g/mol. The fourth-order valence-corrected chi connectivity index (χ4v) is 1.77. The van der Waals surface area contributed by atoms with Crippen molar-refractivity contribution in [3.05, 3.63) is 0 Å². The maximum atomic E-state index is 5.46. The molecule has 0 amide bonds. The first-order valence-corrected chi connectivity index (χ1v) is 5.80. The summed E-state index contributed by atoms with van der Waals surface area (Å²) in [4.78, 5) is 10.3. The van der Waals surface area contributed by atoms with Crippen LogP contribution in [0, 0.1) is 0 Å². The number of hydrazine groups is 1. The van der Waals surface area contributed by atoms with E-state index in [0.717, 1.165) is 12.8 Å². The molecule has 1 N–H and O–H groups in total. The lowest BCUT2D eigenvalue weighted by atomic mass is 10.2. The molecule has 0 saturated carbocycles. The molecule has 0 aliphatic rings. The van der Waals surface area contributed by atoms with Gasteiger partial charge in [0.15, 0.2) is 0 Å². The number of nitrogens with zero attached hydrogens (tertiary/aromatic N) is 1. The van der Waals surface area contributed by atoms with E-state index in [1.54, 1.807) is 7.11 Å². The van der Waals surface area contributed by atoms with Gasteiger partial charge in [0.2, 0.25) is 0 Å². The summed E-state index contributed by atoms with van der Waals surface area (Å²) < 4.78 is 2.50. The van der Waals surface area contributed by atoms with Crippen molar-refractivity contribution in [1.82, 2.24) is 8.97 Å². The summed E-state index contributed by atoms with van der Waals surface area (Å²) in [6.45, 7) is 4.13. The average Bonchev–Trinajstić information content (AvgIpc) is 2.00. The van der Waals surface area contributed by atoms with E-state index >= 15 is 0 Å². The van der Waals surface area contributed by atoms with Gasteiger partial charge < -0.3 is 0 Å². The molecule has 0 heterocycles. The van der Waals surface area contributed by atoms with Crippen LogP contribution in [0.25, 0.3) is 0 Å². The lowest BCUT2D eigenvalue weighted by Crippen LogP contribution is -2.37. The summed E-state index contributed by atoms with van der Waals surface area (Å²) in [5.41, 5.74) is 0. The smallest absolute Gasteiger partial charge is 0.142 e. The third-order valence-corrected chi connectivity index (χ3v) is 2.33. The van der Waals surface area contributed by atoms with Crippen LogP contribution in [0.5, 0.6) is 0 Å². The third kappa shape index (κ3) is 5.86. The number of rotatable bonds is 6. The van der Waals surface area contributed by atoms with Crippen molar-refractivity contribution in [3.63, 3.8) is 0 Å². The Morgan fingerprint density at radius 1 is 1.58 bits per heavy atom. The molecule has 0 saturated heterocycles. The molecule has 4 nitrogen and oxygen atoms in total. The fourth-order valence-electron chi connectivity index (χ4n) is 0.754. The van der Waals surface area contributed by atoms with Crippen molar-refractivity contribution in [2.75, 3.05) is 7.11 Å². The van der Waals surface area contributed by atoms with Gasteiger partial charge in [-0.05, 0) is 35.9 Å². The highest BCUT2D eigenvalue weighted by atomic mass is 127. The second kappa shape index (κ2) is 6.71. The topological polar surface area (TPSA) is 33.7 Å². The first-order chi connectivity index (χ1) is 5.55. The fraction of sp³-hybridized carbons (Fsp3) is 1.00. The van der Waals surface area contributed by atoms with Gasteiger partial charge in [-0.15, -0.1) is 3.64 Å². The molecule has 1 atom stereocenters. The van der Waals surface area contributed by atoms with Crippen LogP contribution in [0.15, 0.2) is 0 Å². The zero-order valence-electron chi connectivity index (χ0n) is 7.43. The zero-order valence-corrected chi connectivity index (χ0v) is 11.7. The van der Waals surface area contributed by atoms with Gasteiger partial charge in [0, 0.05) is 28.2 Å². The highest BCUT2D eigenvalue weighted by Crippen LogP contribution is 2.26. The van der Waals surface area contributed by atoms with Gasteiger partial charge in [0.1, 0.15) is 3.61 Å². The van der Waals surface area contributed by atoms with E-state index in [2.05, 4.69) is 33.2 Å². The molecule has 0 aromatic heterocycles. The summed E-state index contributed by atoms with van der Waals surface area (Å²) in [6.07, 6.45) is 2.06. The Morgan fingerprint density at radius 2 is 2.17 bits per heavy atom. The van der Waals surface area contributed by atoms with E-state index in [4.69, 9.17) is 9.68 Å². The summed E-state index contributed by atoms with van der Waals surface area (Å²) >= 11 is 4.19. The van der Waals surface area contributed by atoms with Crippen LogP contribution in [-0.2, 0) is 9.68 Å². The monoisotopic (exact) mass is 400 g/mol. The highest BCUT2D eigenvalue weighted by molar-refractivity contribution is 14.1. The lowest BCUT2D eigenvalue weighted by Gasteiger charge is -2.27. The number of hydrogen-bond acceptors (Lipinski definition) is 4. The maximum absolute atomic E-state index is 5.46. The van der Waals surface area contributed by atoms with Crippen molar-refractivity contribution in [2.45, 2.75) is 30.3 Å². The lowest BCUT2D eigenvalue weighted by molar-refractivity contribution is -0.388. The SMILES string of the molecule is CCCC(C)(I)ON(NI)OC. The molecule has 0 rings (SSSR count). The summed E-state index contributed by atoms with van der Waals surface area (Å²) in [5, 5.41) is 1.24. The van der Waals surface area contributed by atoms with Gasteiger partial charge in [0.25, 0.3) is 0 Å². The Kier molecular flexibility index (Phi) is 7.44. The van der Waals surface area contributed by atoms with Crippen molar-refractivity contribution in [3.8, 4) is 0 Å². The molecule has 0 fully saturated rings. The molecule has 0 aliphatic carbocycles. The van der Waals surface area contributed by atoms with Gasteiger partial charge in [-0.25, -0.2) is 4.84 Å². The maximum Gasteiger partial charge on any atom is 0.142 e. The van der Waals surface area contributed by atoms with Crippen molar-refractivity contribution >= 4 is 45.5 Å². The van der Waals surface area contributed by atoms with E-state index < -0.39 is 0 Å². The van der Waals surface area contributed by atoms with Crippen LogP contribution in [0.4, 0.5) is 0 Å². The molecule has 1 unspecified atom stereocenters. The highest BCUT2D eigenvalue weighted by Gasteiger charge is 2.23. The Bertz CT molecular complexity index is 120. The Morgan fingerprint density at radius 3 is 2.50 bits per heavy atom. The van der Waals surface area contributed by atoms with Crippen LogP contribution in [0.1, 0.15) is 26.7 Å². The predicted octanol–water partition coefficient (Wildman–Crippen LogP) is 2.59. The molecule has 0 bridgehead atoms. The summed E-state index contributed by atoms with van der Waals surface area (Å²) in [6, 6.07) is 0. The molecular formula is C6H14I2N2O2. The predicted molar refractivity (Wildman–Crippen MR) is 64.4 cm³/mol. The van der Waals surface area contributed by atoms with Gasteiger partial charge in [0.05, 0.1) is 7.11 Å². The molecule has 0 spiro atoms. The minimum absolute atomic E-state index is 0.222. The van der Waals surface area contributed by atoms with Gasteiger partial charge >= 0.3 is 0 Å². The first kappa shape index (κ1) is 13.3. The largest absolute Gasteiger partial charge is 0.263 e. The Labute approximate surface area is 101 Å². The van der Waals surface area contributed by atoms with Crippen LogP contribution in [0.2, 0.25) is 0 Å². The molecule has 0 aromatic carbocycles. The zero-order chi connectivity index (χ0) is 9.61. The molecule has 74 valence electrons. The van der Waals surface area contributed by atoms with Gasteiger partial charge in [-0.1, -0.05) is 13.3 Å². The number of nitrogens with one attached hydrogen (secondary N) is 1. The van der Waals surface area contributed by atoms with Crippen LogP contribution < -0.4 is 3.64 Å². The number of alkyl halides is 1. The van der Waals surface area contributed by atoms with Crippen molar-refractivity contribution in [2.24, 2.45) is 0 Å². The summed E-state index contributed by atoms with van der Waals surface area (Å²) in [7, 11) is 1.55. The minimum atomic E-state index is -0.222. The van der Waals surface area contributed by atoms with E-state index in [0.29, 0.717) is 0 Å². The molecule has 0 radical (unpaired) electrons. The quantitative estimate of drug-likeness (QED) is 0.322. The van der Waals surface area contributed by atoms with Crippen LogP contribution >= 0.6 is 45.5 Å². The summed E-state index contributed by atoms with van der Waals surface area (Å²) in [5.74, 6) is 0. The van der Waals surface area contributed by atoms with Crippen LogP contribution in [0.3, 0.4) is 0 Å². The molecule has 12 heavy (non-hydrogen) atoms. The normalized spacial score (nSPS) is 16.5. The second-order valence-electron chi connectivity index (χ2n) is 2.47. The first-order valence-electron chi connectivity index (χ1n) is 3.64. The molecule has 0 aliphatic heterocycles. The number of hydrogen-bond donors (Lipinski definition) is 1. The van der Waals surface area contributed by atoms with Crippen molar-refractivity contribution in [1.29, 1.82) is 0 Å². The van der Waals surface area contributed by atoms with E-state index in [-0.39, 0.29) is 3.61 Å². The minimum Gasteiger partial charge on any atom is -0.263 e.